The maximum absolute atomic E-state index is 13.0. The number of fused-ring (bicyclic) bond motifs is 1. The standard InChI is InChI=1S/C29H31N3O3/c1-32-24(18-35-2)14-15-27(32)30-23-13-12-22-16-26(33)28(25(22)17-23)31-29(34)21-10-8-20(9-11-21)19-6-4-3-5-7-19/h3-13,17,24,26,28,33H,14-16,18H2,1-2H3,(H,31,34)/t24-,26+,28+/m0/s1. The third kappa shape index (κ3) is 4.85. The molecule has 3 aromatic carbocycles. The summed E-state index contributed by atoms with van der Waals surface area (Å²) in [6.45, 7) is 0.687. The third-order valence-electron chi connectivity index (χ3n) is 7.09. The van der Waals surface area contributed by atoms with Crippen LogP contribution in [0.4, 0.5) is 5.69 Å². The van der Waals surface area contributed by atoms with E-state index in [-0.39, 0.29) is 5.91 Å². The number of likely N-dealkylation sites (N-methyl/N-ethyl adjacent to an activating group) is 1. The number of carbonyl (C=O) groups is 1. The fourth-order valence-corrected chi connectivity index (χ4v) is 5.07. The first kappa shape index (κ1) is 23.3. The summed E-state index contributed by atoms with van der Waals surface area (Å²) in [7, 11) is 3.78. The summed E-state index contributed by atoms with van der Waals surface area (Å²) in [6, 6.07) is 23.5. The average molecular weight is 470 g/mol. The van der Waals surface area contributed by atoms with Crippen LogP contribution in [-0.4, -0.2) is 54.7 Å². The number of benzene rings is 3. The summed E-state index contributed by atoms with van der Waals surface area (Å²) < 4.78 is 5.32. The van der Waals surface area contributed by atoms with Gasteiger partial charge in [-0.3, -0.25) is 4.79 Å². The molecule has 0 saturated carbocycles. The smallest absolute Gasteiger partial charge is 0.251 e. The SMILES string of the molecule is COC[C@@H]1CCC(=Nc2ccc3c(c2)[C@@H](NC(=O)c2ccc(-c4ccccc4)cc2)[C@H](O)C3)N1C. The van der Waals surface area contributed by atoms with Crippen molar-refractivity contribution in [3.63, 3.8) is 0 Å². The third-order valence-corrected chi connectivity index (χ3v) is 7.09. The molecule has 0 spiro atoms. The van der Waals surface area contributed by atoms with E-state index >= 15 is 0 Å². The topological polar surface area (TPSA) is 74.2 Å². The molecule has 35 heavy (non-hydrogen) atoms. The molecule has 3 aromatic rings. The maximum atomic E-state index is 13.0. The van der Waals surface area contributed by atoms with Crippen molar-refractivity contribution in [2.24, 2.45) is 4.99 Å². The fourth-order valence-electron chi connectivity index (χ4n) is 5.07. The fraction of sp³-hybridized carbons (Fsp3) is 0.310. The molecule has 1 fully saturated rings. The van der Waals surface area contributed by atoms with E-state index in [1.165, 1.54) is 0 Å². The second kappa shape index (κ2) is 10.0. The number of hydrogen-bond donors (Lipinski definition) is 2. The van der Waals surface area contributed by atoms with Crippen LogP contribution in [0.5, 0.6) is 0 Å². The van der Waals surface area contributed by atoms with Gasteiger partial charge in [-0.15, -0.1) is 0 Å². The molecule has 0 aromatic heterocycles. The summed E-state index contributed by atoms with van der Waals surface area (Å²) in [6.07, 6.45) is 1.78. The summed E-state index contributed by atoms with van der Waals surface area (Å²) in [4.78, 5) is 20.1. The zero-order valence-corrected chi connectivity index (χ0v) is 20.1. The minimum atomic E-state index is -0.666. The van der Waals surface area contributed by atoms with E-state index in [1.54, 1.807) is 7.11 Å². The first-order chi connectivity index (χ1) is 17.0. The van der Waals surface area contributed by atoms with Crippen LogP contribution in [-0.2, 0) is 11.2 Å². The number of ether oxygens (including phenoxy) is 1. The van der Waals surface area contributed by atoms with Gasteiger partial charge in [0.25, 0.3) is 5.91 Å². The Kier molecular flexibility index (Phi) is 6.66. The highest BCUT2D eigenvalue weighted by molar-refractivity contribution is 5.95. The lowest BCUT2D eigenvalue weighted by atomic mass is 10.0. The minimum Gasteiger partial charge on any atom is -0.390 e. The van der Waals surface area contributed by atoms with E-state index in [0.717, 1.165) is 46.6 Å². The Labute approximate surface area is 206 Å². The van der Waals surface area contributed by atoms with Crippen molar-refractivity contribution in [2.75, 3.05) is 20.8 Å². The van der Waals surface area contributed by atoms with Crippen LogP contribution in [0.2, 0.25) is 0 Å². The summed E-state index contributed by atoms with van der Waals surface area (Å²) >= 11 is 0. The number of methoxy groups -OCH3 is 1. The van der Waals surface area contributed by atoms with E-state index in [9.17, 15) is 9.90 Å². The Bertz CT molecular complexity index is 1220. The van der Waals surface area contributed by atoms with Gasteiger partial charge in [-0.2, -0.15) is 0 Å². The van der Waals surface area contributed by atoms with Crippen molar-refractivity contribution in [2.45, 2.75) is 37.5 Å². The number of aliphatic hydroxyl groups is 1. The zero-order valence-electron chi connectivity index (χ0n) is 20.1. The minimum absolute atomic E-state index is 0.198. The maximum Gasteiger partial charge on any atom is 0.251 e. The van der Waals surface area contributed by atoms with E-state index in [0.29, 0.717) is 24.6 Å². The Morgan fingerprint density at radius 2 is 1.83 bits per heavy atom. The normalized spacial score (nSPS) is 22.4. The molecular formula is C29H31N3O3. The quantitative estimate of drug-likeness (QED) is 0.557. The second-order valence-electron chi connectivity index (χ2n) is 9.34. The molecule has 1 saturated heterocycles. The average Bonchev–Trinajstić information content (AvgIpc) is 3.38. The molecular weight excluding hydrogens is 438 g/mol. The predicted octanol–water partition coefficient (Wildman–Crippen LogP) is 4.51. The van der Waals surface area contributed by atoms with Crippen molar-refractivity contribution in [1.29, 1.82) is 0 Å². The molecule has 6 nitrogen and oxygen atoms in total. The largest absolute Gasteiger partial charge is 0.390 e. The Balaban J connectivity index is 1.32. The van der Waals surface area contributed by atoms with Crippen LogP contribution in [0.1, 0.15) is 40.4 Å². The molecule has 0 unspecified atom stereocenters. The number of amides is 1. The molecule has 1 aliphatic heterocycles. The van der Waals surface area contributed by atoms with Gasteiger partial charge >= 0.3 is 0 Å². The highest BCUT2D eigenvalue weighted by Crippen LogP contribution is 2.35. The predicted molar refractivity (Wildman–Crippen MR) is 138 cm³/mol. The van der Waals surface area contributed by atoms with Crippen LogP contribution < -0.4 is 5.32 Å². The van der Waals surface area contributed by atoms with Gasteiger partial charge in [0.2, 0.25) is 0 Å². The van der Waals surface area contributed by atoms with Gasteiger partial charge in [0.05, 0.1) is 30.5 Å². The van der Waals surface area contributed by atoms with Crippen LogP contribution in [0.25, 0.3) is 11.1 Å². The lowest BCUT2D eigenvalue weighted by molar-refractivity contribution is 0.0858. The lowest BCUT2D eigenvalue weighted by Crippen LogP contribution is -2.33. The zero-order chi connectivity index (χ0) is 24.4. The molecule has 5 rings (SSSR count). The number of likely N-dealkylation sites (tertiary alicyclic amines) is 1. The van der Waals surface area contributed by atoms with Crippen LogP contribution >= 0.6 is 0 Å². The van der Waals surface area contributed by atoms with Crippen molar-refractivity contribution in [3.05, 3.63) is 89.5 Å². The molecule has 0 bridgehead atoms. The molecule has 2 N–H and O–H groups in total. The number of hydrogen-bond acceptors (Lipinski definition) is 4. The number of rotatable bonds is 6. The molecule has 3 atom stereocenters. The van der Waals surface area contributed by atoms with E-state index in [1.807, 2.05) is 72.8 Å². The Morgan fingerprint density at radius 1 is 1.09 bits per heavy atom. The highest BCUT2D eigenvalue weighted by atomic mass is 16.5. The monoisotopic (exact) mass is 469 g/mol. The Morgan fingerprint density at radius 3 is 2.57 bits per heavy atom. The van der Waals surface area contributed by atoms with Gasteiger partial charge in [-0.1, -0.05) is 48.5 Å². The molecule has 0 radical (unpaired) electrons. The van der Waals surface area contributed by atoms with E-state index < -0.39 is 12.1 Å². The molecule has 180 valence electrons. The molecule has 1 aliphatic carbocycles. The van der Waals surface area contributed by atoms with Crippen LogP contribution in [0.3, 0.4) is 0 Å². The number of nitrogens with zero attached hydrogens (tertiary/aromatic N) is 2. The molecule has 1 amide bonds. The van der Waals surface area contributed by atoms with Gasteiger partial charge in [-0.25, -0.2) is 4.99 Å². The lowest BCUT2D eigenvalue weighted by Gasteiger charge is -2.21. The van der Waals surface area contributed by atoms with Crippen molar-refractivity contribution in [3.8, 4) is 11.1 Å². The van der Waals surface area contributed by atoms with Crippen LogP contribution in [0.15, 0.2) is 77.8 Å². The first-order valence-electron chi connectivity index (χ1n) is 12.1. The van der Waals surface area contributed by atoms with E-state index in [4.69, 9.17) is 9.73 Å². The van der Waals surface area contributed by atoms with Crippen molar-refractivity contribution in [1.82, 2.24) is 10.2 Å². The Hall–Kier alpha value is -3.48. The molecule has 6 heteroatoms. The summed E-state index contributed by atoms with van der Waals surface area (Å²) in [5.74, 6) is 0.834. The van der Waals surface area contributed by atoms with Crippen LogP contribution in [0, 0.1) is 0 Å². The van der Waals surface area contributed by atoms with Gasteiger partial charge in [0.15, 0.2) is 0 Å². The van der Waals surface area contributed by atoms with E-state index in [2.05, 4.69) is 17.3 Å². The van der Waals surface area contributed by atoms with Crippen molar-refractivity contribution < 1.29 is 14.6 Å². The van der Waals surface area contributed by atoms with Gasteiger partial charge < -0.3 is 20.1 Å². The number of nitrogens with one attached hydrogen (secondary N) is 1. The highest BCUT2D eigenvalue weighted by Gasteiger charge is 2.33. The number of aliphatic imine (C=N–C) groups is 1. The number of amidine groups is 1. The van der Waals surface area contributed by atoms with Crippen molar-refractivity contribution >= 4 is 17.4 Å². The summed E-state index contributed by atoms with van der Waals surface area (Å²) in [5.41, 5.74) is 5.55. The molecule has 1 heterocycles. The molecule has 2 aliphatic rings. The number of aliphatic hydroxyl groups excluding tert-OH is 1. The van der Waals surface area contributed by atoms with Gasteiger partial charge in [0.1, 0.15) is 5.84 Å². The second-order valence-corrected chi connectivity index (χ2v) is 9.34. The summed E-state index contributed by atoms with van der Waals surface area (Å²) in [5, 5.41) is 13.8. The number of carbonyl (C=O) groups excluding carboxylic acids is 1. The van der Waals surface area contributed by atoms with Gasteiger partial charge in [-0.05, 0) is 52.9 Å². The first-order valence-corrected chi connectivity index (χ1v) is 12.1. The van der Waals surface area contributed by atoms with Gasteiger partial charge in [0, 0.05) is 32.6 Å².